The van der Waals surface area contributed by atoms with E-state index in [-0.39, 0.29) is 36.7 Å². The van der Waals surface area contributed by atoms with Gasteiger partial charge >= 0.3 is 5.97 Å². The molecule has 1 aliphatic carbocycles. The number of carbonyl (C=O) groups is 3. The zero-order valence-electron chi connectivity index (χ0n) is 34.5. The molecule has 0 radical (unpaired) electrons. The molecule has 4 rings (SSSR count). The lowest BCUT2D eigenvalue weighted by molar-refractivity contribution is -0.309. The van der Waals surface area contributed by atoms with E-state index in [9.17, 15) is 29.7 Å². The predicted octanol–water partition coefficient (Wildman–Crippen LogP) is 5.07. The van der Waals surface area contributed by atoms with Crippen LogP contribution in [0.3, 0.4) is 0 Å². The fraction of sp³-hybridized carbons (Fsp3) is 0.791. The summed E-state index contributed by atoms with van der Waals surface area (Å²) in [6.45, 7) is 13.6. The Morgan fingerprint density at radius 1 is 0.945 bits per heavy atom. The molecule has 0 aromatic carbocycles. The lowest BCUT2D eigenvalue weighted by atomic mass is 9.81. The van der Waals surface area contributed by atoms with Crippen LogP contribution in [-0.4, -0.2) is 120 Å². The number of hydrogen-bond acceptors (Lipinski definition) is 11. The maximum Gasteiger partial charge on any atom is 0.329 e. The molecule has 3 heterocycles. The van der Waals surface area contributed by atoms with Gasteiger partial charge in [-0.3, -0.25) is 9.59 Å². The number of aliphatic hydroxyl groups excluding tert-OH is 2. The molecular formula is C43H69NO11. The second-order valence-corrected chi connectivity index (χ2v) is 16.9. The van der Waals surface area contributed by atoms with Crippen molar-refractivity contribution in [3.63, 3.8) is 0 Å². The largest absolute Gasteiger partial charge is 0.456 e. The molecule has 0 spiro atoms. The monoisotopic (exact) mass is 775 g/mol. The molecular weight excluding hydrogens is 706 g/mol. The van der Waals surface area contributed by atoms with Gasteiger partial charge in [0.25, 0.3) is 11.7 Å². The number of ether oxygens (including phenoxy) is 5. The molecule has 312 valence electrons. The molecule has 2 saturated heterocycles. The van der Waals surface area contributed by atoms with E-state index < -0.39 is 78.1 Å². The van der Waals surface area contributed by atoms with Gasteiger partial charge in [-0.05, 0) is 95.5 Å². The lowest BCUT2D eigenvalue weighted by Crippen LogP contribution is -2.66. The summed E-state index contributed by atoms with van der Waals surface area (Å²) < 4.78 is 30.1. The van der Waals surface area contributed by atoms with Gasteiger partial charge in [0.1, 0.15) is 24.0 Å². The first-order valence-corrected chi connectivity index (χ1v) is 20.4. The first-order valence-electron chi connectivity index (χ1n) is 20.4. The van der Waals surface area contributed by atoms with E-state index in [2.05, 4.69) is 13.5 Å². The number of carbonyl (C=O) groups excluding carboxylic acids is 3. The lowest BCUT2D eigenvalue weighted by Gasteiger charge is -2.49. The highest BCUT2D eigenvalue weighted by Crippen LogP contribution is 2.40. The number of aliphatic hydroxyl groups is 3. The Balaban J connectivity index is 1.78. The summed E-state index contributed by atoms with van der Waals surface area (Å²) in [6.07, 6.45) is 6.20. The molecule has 3 N–H and O–H groups in total. The number of rotatable bonds is 7. The molecule has 1 saturated carbocycles. The smallest absolute Gasteiger partial charge is 0.329 e. The molecule has 4 aliphatic rings. The summed E-state index contributed by atoms with van der Waals surface area (Å²) in [6, 6.07) is -1.00. The molecule has 3 fully saturated rings. The van der Waals surface area contributed by atoms with Gasteiger partial charge in [-0.1, -0.05) is 44.6 Å². The summed E-state index contributed by atoms with van der Waals surface area (Å²) in [5, 5.41) is 34.3. The van der Waals surface area contributed by atoms with Crippen LogP contribution in [-0.2, 0) is 38.1 Å². The summed E-state index contributed by atoms with van der Waals surface area (Å²) in [5.41, 5.74) is 1.70. The minimum Gasteiger partial charge on any atom is -0.456 e. The number of methoxy groups -OCH3 is 3. The average molecular weight is 776 g/mol. The molecule has 12 nitrogen and oxygen atoms in total. The number of amides is 1. The van der Waals surface area contributed by atoms with E-state index in [4.69, 9.17) is 23.7 Å². The Labute approximate surface area is 328 Å². The third-order valence-electron chi connectivity index (χ3n) is 12.7. The Bertz CT molecular complexity index is 1380. The Kier molecular flexibility index (Phi) is 16.7. The normalized spacial score (nSPS) is 41.8. The van der Waals surface area contributed by atoms with Gasteiger partial charge in [-0.2, -0.15) is 0 Å². The van der Waals surface area contributed by atoms with Crippen LogP contribution in [0.5, 0.6) is 0 Å². The molecule has 14 atom stereocenters. The van der Waals surface area contributed by atoms with Crippen LogP contribution in [0.2, 0.25) is 0 Å². The second-order valence-electron chi connectivity index (χ2n) is 16.9. The number of hydrogen-bond donors (Lipinski definition) is 3. The molecule has 0 unspecified atom stereocenters. The predicted molar refractivity (Wildman–Crippen MR) is 208 cm³/mol. The highest BCUT2D eigenvalue weighted by Gasteiger charge is 2.56. The maximum absolute atomic E-state index is 14.6. The number of piperidine rings is 1. The quantitative estimate of drug-likeness (QED) is 0.234. The van der Waals surface area contributed by atoms with Crippen molar-refractivity contribution in [3.8, 4) is 0 Å². The van der Waals surface area contributed by atoms with E-state index in [1.807, 2.05) is 26.0 Å². The minimum absolute atomic E-state index is 0.0262. The first kappa shape index (κ1) is 45.3. The van der Waals surface area contributed by atoms with Crippen molar-refractivity contribution in [3.05, 3.63) is 36.0 Å². The van der Waals surface area contributed by atoms with Crippen LogP contribution in [0, 0.1) is 29.6 Å². The summed E-state index contributed by atoms with van der Waals surface area (Å²) in [4.78, 5) is 44.2. The molecule has 2 bridgehead atoms. The number of fused-ring (bicyclic) bond motifs is 3. The highest BCUT2D eigenvalue weighted by molar-refractivity contribution is 5.89. The second kappa shape index (κ2) is 20.3. The summed E-state index contributed by atoms with van der Waals surface area (Å²) >= 11 is 0. The average Bonchev–Trinajstić information content (AvgIpc) is 3.16. The van der Waals surface area contributed by atoms with Crippen molar-refractivity contribution in [2.45, 2.75) is 160 Å². The Hall–Kier alpha value is -2.45. The number of cyclic esters (lactones) is 1. The van der Waals surface area contributed by atoms with Crippen LogP contribution in [0.4, 0.5) is 0 Å². The van der Waals surface area contributed by atoms with Crippen molar-refractivity contribution >= 4 is 17.7 Å². The topological polar surface area (TPSA) is 161 Å². The van der Waals surface area contributed by atoms with Crippen LogP contribution in [0.25, 0.3) is 0 Å². The third-order valence-corrected chi connectivity index (χ3v) is 12.7. The first-order chi connectivity index (χ1) is 26.1. The van der Waals surface area contributed by atoms with Gasteiger partial charge in [0.2, 0.25) is 0 Å². The molecule has 1 amide bonds. The number of ketones is 1. The van der Waals surface area contributed by atoms with Gasteiger partial charge in [0, 0.05) is 52.0 Å². The van der Waals surface area contributed by atoms with Gasteiger partial charge in [0.05, 0.1) is 30.5 Å². The van der Waals surface area contributed by atoms with Crippen LogP contribution < -0.4 is 0 Å². The molecule has 55 heavy (non-hydrogen) atoms. The molecule has 0 aromatic heterocycles. The summed E-state index contributed by atoms with van der Waals surface area (Å²) in [5.74, 6) is -5.46. The van der Waals surface area contributed by atoms with E-state index in [1.165, 1.54) is 4.90 Å². The number of esters is 1. The van der Waals surface area contributed by atoms with Crippen LogP contribution >= 0.6 is 0 Å². The van der Waals surface area contributed by atoms with Gasteiger partial charge in [-0.15, -0.1) is 6.58 Å². The van der Waals surface area contributed by atoms with Crippen molar-refractivity contribution in [2.75, 3.05) is 27.9 Å². The van der Waals surface area contributed by atoms with E-state index in [0.29, 0.717) is 69.8 Å². The van der Waals surface area contributed by atoms with Gasteiger partial charge in [0.15, 0.2) is 0 Å². The van der Waals surface area contributed by atoms with Crippen molar-refractivity contribution in [1.29, 1.82) is 0 Å². The molecule has 3 aliphatic heterocycles. The van der Waals surface area contributed by atoms with E-state index >= 15 is 0 Å². The van der Waals surface area contributed by atoms with Crippen LogP contribution in [0.1, 0.15) is 105 Å². The zero-order chi connectivity index (χ0) is 40.6. The number of nitrogens with zero attached hydrogens (tertiary/aromatic N) is 1. The summed E-state index contributed by atoms with van der Waals surface area (Å²) in [7, 11) is 4.74. The Morgan fingerprint density at radius 3 is 2.27 bits per heavy atom. The standard InChI is InChI=1S/C43H69NO11/c1-10-13-31-19-25(2)18-26(3)20-37(52-8)40-38(53-9)22-28(5)43(50,55-40)42(49)44-17-12-11-14-32(44)41(48)54-39(29(6)34(46)24-35(31)47)27(4)21-30-15-16-33(45)36(23-30)51-7/h10,19,21,26,28-34,36-40,45-46,50H,1,11-18,20,22-24H2,2-9H3/b25-19+,27-21+/t26-,28+,29+,30-,31+,32-,33+,34-,36+,37-,38-,39+,40+,43-/m0/s1. The number of Topliss-reactive ketones (excluding diaryl/α,β-unsaturated/α-hetero) is 1. The third kappa shape index (κ3) is 10.9. The minimum atomic E-state index is -2.24. The Morgan fingerprint density at radius 2 is 1.62 bits per heavy atom. The molecule has 12 heteroatoms. The van der Waals surface area contributed by atoms with E-state index in [0.717, 1.165) is 5.57 Å². The SMILES string of the molecule is C=CC[C@@H]1/C=C(\C)C[C@H](C)C[C@H](OC)[C@H]2O[C@](O)(C(=O)N3CCCC[C@H]3C(=O)O[C@H](/C(C)=C/[C@@H]3CC[C@@H](O)[C@H](OC)C3)[C@H](C)[C@@H](O)CC1=O)[C@H](C)C[C@@H]2OC. The van der Waals surface area contributed by atoms with Crippen molar-refractivity contribution in [2.24, 2.45) is 29.6 Å². The fourth-order valence-electron chi connectivity index (χ4n) is 9.33. The van der Waals surface area contributed by atoms with Crippen molar-refractivity contribution in [1.82, 2.24) is 4.90 Å². The maximum atomic E-state index is 14.6. The van der Waals surface area contributed by atoms with Gasteiger partial charge in [-0.25, -0.2) is 4.79 Å². The van der Waals surface area contributed by atoms with Gasteiger partial charge < -0.3 is 43.9 Å². The number of allylic oxidation sites excluding steroid dienone is 4. The zero-order valence-corrected chi connectivity index (χ0v) is 34.5. The van der Waals surface area contributed by atoms with E-state index in [1.54, 1.807) is 41.3 Å². The van der Waals surface area contributed by atoms with Crippen LogP contribution in [0.15, 0.2) is 36.0 Å². The van der Waals surface area contributed by atoms with Crippen molar-refractivity contribution < 1.29 is 53.4 Å². The highest BCUT2D eigenvalue weighted by atomic mass is 16.7. The molecule has 0 aromatic rings. The fourth-order valence-corrected chi connectivity index (χ4v) is 9.33.